The molecule has 5 nitrogen and oxygen atoms in total. The predicted octanol–water partition coefficient (Wildman–Crippen LogP) is 0.779. The predicted molar refractivity (Wildman–Crippen MR) is 70.3 cm³/mol. The number of nitrogens with zero attached hydrogens (tertiary/aromatic N) is 2. The molecule has 0 aromatic rings. The van der Waals surface area contributed by atoms with Crippen molar-refractivity contribution in [1.29, 1.82) is 0 Å². The number of halogens is 1. The summed E-state index contributed by atoms with van der Waals surface area (Å²) in [5, 5.41) is 0. The molecular formula is C10H17BrN2O3S. The van der Waals surface area contributed by atoms with Gasteiger partial charge in [0.15, 0.2) is 0 Å². The lowest BCUT2D eigenvalue weighted by atomic mass is 10.3. The third-order valence-electron chi connectivity index (χ3n) is 2.62. The van der Waals surface area contributed by atoms with Crippen molar-refractivity contribution in [3.63, 3.8) is 0 Å². The molecule has 7 heteroatoms. The van der Waals surface area contributed by atoms with Crippen molar-refractivity contribution in [2.24, 2.45) is 0 Å². The molecule has 1 saturated heterocycles. The monoisotopic (exact) mass is 324 g/mol. The van der Waals surface area contributed by atoms with Gasteiger partial charge in [-0.15, -0.1) is 0 Å². The van der Waals surface area contributed by atoms with Crippen LogP contribution < -0.4 is 0 Å². The zero-order valence-electron chi connectivity index (χ0n) is 10.2. The summed E-state index contributed by atoms with van der Waals surface area (Å²) in [5.74, 6) is -0.0712. The van der Waals surface area contributed by atoms with Crippen LogP contribution in [0.5, 0.6) is 0 Å². The van der Waals surface area contributed by atoms with Gasteiger partial charge in [0.2, 0.25) is 10.0 Å². The van der Waals surface area contributed by atoms with E-state index in [9.17, 15) is 13.2 Å². The Labute approximate surface area is 111 Å². The molecule has 0 bridgehead atoms. The Morgan fingerprint density at radius 3 is 1.94 bits per heavy atom. The zero-order chi connectivity index (χ0) is 13.2. The van der Waals surface area contributed by atoms with Gasteiger partial charge in [-0.2, -0.15) is 4.31 Å². The molecule has 0 saturated carbocycles. The molecule has 1 heterocycles. The van der Waals surface area contributed by atoms with E-state index in [0.29, 0.717) is 30.7 Å². The van der Waals surface area contributed by atoms with Crippen LogP contribution >= 0.6 is 15.9 Å². The summed E-state index contributed by atoms with van der Waals surface area (Å²) in [4.78, 5) is 13.6. The van der Waals surface area contributed by atoms with Crippen molar-refractivity contribution < 1.29 is 13.2 Å². The van der Waals surface area contributed by atoms with E-state index < -0.39 is 10.0 Å². The maximum atomic E-state index is 11.9. The highest BCUT2D eigenvalue weighted by Crippen LogP contribution is 2.16. The van der Waals surface area contributed by atoms with E-state index in [0.717, 1.165) is 5.57 Å². The summed E-state index contributed by atoms with van der Waals surface area (Å²) in [6.07, 6.45) is 1.19. The molecule has 0 aromatic carbocycles. The molecule has 0 spiro atoms. The number of amides is 1. The summed E-state index contributed by atoms with van der Waals surface area (Å²) < 4.78 is 24.6. The van der Waals surface area contributed by atoms with Gasteiger partial charge in [0.05, 0.1) is 10.7 Å². The van der Waals surface area contributed by atoms with Crippen LogP contribution in [0.3, 0.4) is 0 Å². The first-order valence-electron chi connectivity index (χ1n) is 5.31. The van der Waals surface area contributed by atoms with Crippen LogP contribution in [0.2, 0.25) is 0 Å². The second kappa shape index (κ2) is 5.49. The number of allylic oxidation sites excluding steroid dienone is 1. The first-order chi connectivity index (χ1) is 7.73. The van der Waals surface area contributed by atoms with Gasteiger partial charge in [0, 0.05) is 26.2 Å². The molecule has 0 aromatic heterocycles. The second-order valence-electron chi connectivity index (χ2n) is 4.27. The van der Waals surface area contributed by atoms with E-state index in [-0.39, 0.29) is 5.91 Å². The van der Waals surface area contributed by atoms with Crippen molar-refractivity contribution >= 4 is 31.9 Å². The molecule has 98 valence electrons. The van der Waals surface area contributed by atoms with Gasteiger partial charge in [-0.1, -0.05) is 5.57 Å². The Bertz CT molecular complexity index is 432. The topological polar surface area (TPSA) is 57.7 Å². The van der Waals surface area contributed by atoms with Crippen LogP contribution in [-0.2, 0) is 14.8 Å². The molecule has 1 fully saturated rings. The molecular weight excluding hydrogens is 308 g/mol. The van der Waals surface area contributed by atoms with Crippen LogP contribution in [-0.4, -0.2) is 56.0 Å². The largest absolute Gasteiger partial charge is 0.336 e. The molecule has 0 aliphatic carbocycles. The van der Waals surface area contributed by atoms with Crippen LogP contribution in [0.4, 0.5) is 0 Å². The fraction of sp³-hybridized carbons (Fsp3) is 0.700. The summed E-state index contributed by atoms with van der Waals surface area (Å²) >= 11 is 3.25. The lowest BCUT2D eigenvalue weighted by molar-refractivity contribution is -0.127. The fourth-order valence-electron chi connectivity index (χ4n) is 1.58. The van der Waals surface area contributed by atoms with Gasteiger partial charge in [0.1, 0.15) is 0 Å². The maximum Gasteiger partial charge on any atom is 0.260 e. The van der Waals surface area contributed by atoms with Crippen LogP contribution in [0.15, 0.2) is 10.1 Å². The van der Waals surface area contributed by atoms with Crippen molar-refractivity contribution in [2.45, 2.75) is 13.8 Å². The zero-order valence-corrected chi connectivity index (χ0v) is 12.6. The van der Waals surface area contributed by atoms with Crippen molar-refractivity contribution in [1.82, 2.24) is 9.21 Å². The van der Waals surface area contributed by atoms with Crippen molar-refractivity contribution in [3.8, 4) is 0 Å². The highest BCUT2D eigenvalue weighted by molar-refractivity contribution is 9.12. The molecule has 0 atom stereocenters. The standard InChI is InChI=1S/C10H17BrN2O3S/c1-8(2)9(11)10(14)12-4-6-13(7-5-12)17(3,15)16/h4-7H2,1-3H3. The van der Waals surface area contributed by atoms with Gasteiger partial charge in [-0.3, -0.25) is 4.79 Å². The summed E-state index contributed by atoms with van der Waals surface area (Å²) in [5.41, 5.74) is 0.917. The SMILES string of the molecule is CC(C)=C(Br)C(=O)N1CCN(S(C)(=O)=O)CC1. The molecule has 1 aliphatic rings. The van der Waals surface area contributed by atoms with E-state index >= 15 is 0 Å². The van der Waals surface area contributed by atoms with Gasteiger partial charge in [0.25, 0.3) is 5.91 Å². The van der Waals surface area contributed by atoms with Crippen LogP contribution in [0.25, 0.3) is 0 Å². The Kier molecular flexibility index (Phi) is 4.74. The Hall–Kier alpha value is -0.400. The molecule has 0 radical (unpaired) electrons. The van der Waals surface area contributed by atoms with Gasteiger partial charge in [-0.25, -0.2) is 8.42 Å². The van der Waals surface area contributed by atoms with Crippen LogP contribution in [0, 0.1) is 0 Å². The highest BCUT2D eigenvalue weighted by atomic mass is 79.9. The van der Waals surface area contributed by atoms with E-state index in [1.165, 1.54) is 10.6 Å². The lowest BCUT2D eigenvalue weighted by Gasteiger charge is -2.33. The summed E-state index contributed by atoms with van der Waals surface area (Å²) in [6, 6.07) is 0. The smallest absolute Gasteiger partial charge is 0.260 e. The van der Waals surface area contributed by atoms with Crippen LogP contribution in [0.1, 0.15) is 13.8 Å². The minimum Gasteiger partial charge on any atom is -0.336 e. The number of carbonyl (C=O) groups excluding carboxylic acids is 1. The number of hydrogen-bond donors (Lipinski definition) is 0. The third-order valence-corrected chi connectivity index (χ3v) is 5.06. The van der Waals surface area contributed by atoms with Gasteiger partial charge >= 0.3 is 0 Å². The number of sulfonamides is 1. The number of hydrogen-bond acceptors (Lipinski definition) is 3. The first-order valence-corrected chi connectivity index (χ1v) is 7.95. The van der Waals surface area contributed by atoms with E-state index in [2.05, 4.69) is 15.9 Å². The Balaban J connectivity index is 2.65. The minimum absolute atomic E-state index is 0.0712. The normalized spacial score (nSPS) is 18.0. The fourth-order valence-corrected chi connectivity index (χ4v) is 2.65. The maximum absolute atomic E-state index is 11.9. The van der Waals surface area contributed by atoms with E-state index in [4.69, 9.17) is 0 Å². The third kappa shape index (κ3) is 3.79. The highest BCUT2D eigenvalue weighted by Gasteiger charge is 2.27. The van der Waals surface area contributed by atoms with Gasteiger partial charge < -0.3 is 4.90 Å². The molecule has 1 rings (SSSR count). The summed E-state index contributed by atoms with van der Waals surface area (Å²) in [6.45, 7) is 5.33. The molecule has 1 aliphatic heterocycles. The Morgan fingerprint density at radius 2 is 1.59 bits per heavy atom. The van der Waals surface area contributed by atoms with Crippen molar-refractivity contribution in [3.05, 3.63) is 10.1 Å². The summed E-state index contributed by atoms with van der Waals surface area (Å²) in [7, 11) is -3.14. The number of carbonyl (C=O) groups is 1. The molecule has 0 unspecified atom stereocenters. The van der Waals surface area contributed by atoms with E-state index in [1.807, 2.05) is 13.8 Å². The van der Waals surface area contributed by atoms with E-state index in [1.54, 1.807) is 4.90 Å². The molecule has 17 heavy (non-hydrogen) atoms. The quantitative estimate of drug-likeness (QED) is 0.705. The minimum atomic E-state index is -3.14. The molecule has 1 amide bonds. The number of rotatable bonds is 2. The second-order valence-corrected chi connectivity index (χ2v) is 7.04. The lowest BCUT2D eigenvalue weighted by Crippen LogP contribution is -2.50. The Morgan fingerprint density at radius 1 is 1.12 bits per heavy atom. The first kappa shape index (κ1) is 14.7. The molecule has 0 N–H and O–H groups in total. The average Bonchev–Trinajstić information content (AvgIpc) is 2.26. The van der Waals surface area contributed by atoms with Gasteiger partial charge in [-0.05, 0) is 29.8 Å². The average molecular weight is 325 g/mol. The van der Waals surface area contributed by atoms with Crippen molar-refractivity contribution in [2.75, 3.05) is 32.4 Å². The number of piperazine rings is 1.